The Morgan fingerprint density at radius 1 is 0.846 bits per heavy atom. The third kappa shape index (κ3) is 5.02. The topological polar surface area (TPSA) is 68.3 Å². The molecule has 0 spiro atoms. The highest BCUT2D eigenvalue weighted by Gasteiger charge is 2.21. The summed E-state index contributed by atoms with van der Waals surface area (Å²) in [6.07, 6.45) is 1.71. The number of rotatable bonds is 7. The van der Waals surface area contributed by atoms with Gasteiger partial charge in [0.1, 0.15) is 10.4 Å². The molecule has 39 heavy (non-hydrogen) atoms. The SMILES string of the molecule is Cc1ccc(-n2c(-c3ccccc3)cc(/C=C(\Sc3nc4ccccc4o3)C(=O)O)c2-c2ccccc2)cc1. The van der Waals surface area contributed by atoms with Crippen LogP contribution < -0.4 is 0 Å². The summed E-state index contributed by atoms with van der Waals surface area (Å²) in [4.78, 5) is 17.1. The van der Waals surface area contributed by atoms with Crippen molar-refractivity contribution < 1.29 is 14.3 Å². The van der Waals surface area contributed by atoms with Gasteiger partial charge in [0.05, 0.1) is 11.4 Å². The highest BCUT2D eigenvalue weighted by Crippen LogP contribution is 2.39. The lowest BCUT2D eigenvalue weighted by molar-refractivity contribution is -0.131. The van der Waals surface area contributed by atoms with Gasteiger partial charge < -0.3 is 14.1 Å². The van der Waals surface area contributed by atoms with E-state index in [0.717, 1.165) is 51.1 Å². The van der Waals surface area contributed by atoms with E-state index in [1.807, 2.05) is 78.9 Å². The van der Waals surface area contributed by atoms with Crippen LogP contribution in [-0.4, -0.2) is 20.6 Å². The molecule has 0 saturated carbocycles. The Kier molecular flexibility index (Phi) is 6.61. The maximum absolute atomic E-state index is 12.5. The first-order valence-corrected chi connectivity index (χ1v) is 13.3. The molecule has 190 valence electrons. The van der Waals surface area contributed by atoms with Crippen LogP contribution in [0.2, 0.25) is 0 Å². The molecule has 0 saturated heterocycles. The van der Waals surface area contributed by atoms with Crippen molar-refractivity contribution in [3.63, 3.8) is 0 Å². The number of thioether (sulfide) groups is 1. The van der Waals surface area contributed by atoms with Crippen molar-refractivity contribution in [2.75, 3.05) is 0 Å². The average Bonchev–Trinajstić information content (AvgIpc) is 3.55. The maximum Gasteiger partial charge on any atom is 0.342 e. The van der Waals surface area contributed by atoms with Crippen molar-refractivity contribution in [3.05, 3.63) is 131 Å². The van der Waals surface area contributed by atoms with Gasteiger partial charge in [-0.15, -0.1) is 0 Å². The van der Waals surface area contributed by atoms with E-state index in [2.05, 4.69) is 52.9 Å². The molecular weight excluding hydrogens is 504 g/mol. The number of hydrogen-bond donors (Lipinski definition) is 1. The number of benzene rings is 4. The Labute approximate surface area is 230 Å². The van der Waals surface area contributed by atoms with Gasteiger partial charge in [0.15, 0.2) is 5.58 Å². The Bertz CT molecular complexity index is 1770. The number of aryl methyl sites for hydroxylation is 1. The molecule has 4 aromatic carbocycles. The van der Waals surface area contributed by atoms with Crippen molar-refractivity contribution in [2.45, 2.75) is 12.1 Å². The van der Waals surface area contributed by atoms with E-state index in [4.69, 9.17) is 4.42 Å². The molecule has 0 amide bonds. The lowest BCUT2D eigenvalue weighted by Crippen LogP contribution is -2.01. The number of oxazole rings is 1. The fourth-order valence-corrected chi connectivity index (χ4v) is 5.32. The zero-order valence-electron chi connectivity index (χ0n) is 21.1. The highest BCUT2D eigenvalue weighted by atomic mass is 32.2. The Morgan fingerprint density at radius 2 is 1.49 bits per heavy atom. The largest absolute Gasteiger partial charge is 0.477 e. The van der Waals surface area contributed by atoms with Gasteiger partial charge in [-0.3, -0.25) is 0 Å². The normalized spacial score (nSPS) is 11.7. The third-order valence-corrected chi connectivity index (χ3v) is 7.27. The van der Waals surface area contributed by atoms with Crippen LogP contribution in [0.3, 0.4) is 0 Å². The van der Waals surface area contributed by atoms with Gasteiger partial charge in [-0.2, -0.15) is 0 Å². The number of aliphatic carboxylic acids is 1. The minimum atomic E-state index is -1.05. The molecule has 0 aliphatic heterocycles. The van der Waals surface area contributed by atoms with E-state index in [-0.39, 0.29) is 10.1 Å². The molecular formula is C33H24N2O3S. The van der Waals surface area contributed by atoms with Crippen molar-refractivity contribution in [1.29, 1.82) is 0 Å². The standard InChI is InChI=1S/C33H24N2O3S/c1-22-16-18-26(19-17-22)35-28(23-10-4-2-5-11-23)20-25(31(35)24-12-6-3-7-13-24)21-30(32(36)37)39-33-34-27-14-8-9-15-29(27)38-33/h2-21H,1H3,(H,36,37)/b30-21-. The monoisotopic (exact) mass is 528 g/mol. The van der Waals surface area contributed by atoms with Gasteiger partial charge in [0.2, 0.25) is 0 Å². The predicted octanol–water partition coefficient (Wildman–Crippen LogP) is 8.48. The summed E-state index contributed by atoms with van der Waals surface area (Å²) in [7, 11) is 0. The first kappa shape index (κ1) is 24.5. The lowest BCUT2D eigenvalue weighted by Gasteiger charge is -2.15. The van der Waals surface area contributed by atoms with Gasteiger partial charge in [0.25, 0.3) is 5.22 Å². The van der Waals surface area contributed by atoms with Crippen LogP contribution in [0, 0.1) is 6.92 Å². The average molecular weight is 529 g/mol. The molecule has 1 N–H and O–H groups in total. The molecule has 0 atom stereocenters. The predicted molar refractivity (Wildman–Crippen MR) is 157 cm³/mol. The van der Waals surface area contributed by atoms with Crippen LogP contribution in [0.25, 0.3) is 45.4 Å². The molecule has 0 aliphatic carbocycles. The van der Waals surface area contributed by atoms with Gasteiger partial charge >= 0.3 is 5.97 Å². The molecule has 0 bridgehead atoms. The molecule has 0 radical (unpaired) electrons. The zero-order valence-corrected chi connectivity index (χ0v) is 21.9. The molecule has 6 rings (SSSR count). The minimum absolute atomic E-state index is 0.111. The third-order valence-electron chi connectivity index (χ3n) is 6.41. The number of para-hydroxylation sites is 2. The Morgan fingerprint density at radius 3 is 2.15 bits per heavy atom. The molecule has 5 nitrogen and oxygen atoms in total. The van der Waals surface area contributed by atoms with Crippen LogP contribution in [0.4, 0.5) is 0 Å². The molecule has 6 aromatic rings. The lowest BCUT2D eigenvalue weighted by atomic mass is 10.1. The van der Waals surface area contributed by atoms with Crippen LogP contribution >= 0.6 is 11.8 Å². The Balaban J connectivity index is 1.58. The van der Waals surface area contributed by atoms with Gasteiger partial charge in [-0.1, -0.05) is 90.5 Å². The summed E-state index contributed by atoms with van der Waals surface area (Å²) in [6.45, 7) is 2.06. The van der Waals surface area contributed by atoms with Crippen LogP contribution in [0.15, 0.2) is 130 Å². The van der Waals surface area contributed by atoms with Gasteiger partial charge in [-0.25, -0.2) is 9.78 Å². The van der Waals surface area contributed by atoms with Crippen molar-refractivity contribution in [2.24, 2.45) is 0 Å². The second kappa shape index (κ2) is 10.5. The fourth-order valence-electron chi connectivity index (χ4n) is 4.58. The number of fused-ring (bicyclic) bond motifs is 1. The van der Waals surface area contributed by atoms with Crippen LogP contribution in [-0.2, 0) is 4.79 Å². The highest BCUT2D eigenvalue weighted by molar-refractivity contribution is 8.03. The zero-order chi connectivity index (χ0) is 26.8. The molecule has 2 aromatic heterocycles. The summed E-state index contributed by atoms with van der Waals surface area (Å²) in [5.74, 6) is -1.05. The number of nitrogens with zero attached hydrogens (tertiary/aromatic N) is 2. The summed E-state index contributed by atoms with van der Waals surface area (Å²) in [5.41, 5.74) is 8.09. The van der Waals surface area contributed by atoms with E-state index >= 15 is 0 Å². The van der Waals surface area contributed by atoms with Gasteiger partial charge in [0, 0.05) is 11.3 Å². The van der Waals surface area contributed by atoms with Crippen molar-refractivity contribution in [3.8, 4) is 28.2 Å². The fraction of sp³-hybridized carbons (Fsp3) is 0.0303. The molecule has 2 heterocycles. The van der Waals surface area contributed by atoms with Crippen molar-refractivity contribution >= 4 is 34.9 Å². The summed E-state index contributed by atoms with van der Waals surface area (Å²) < 4.78 is 8.02. The number of carboxylic acids is 1. The number of aromatic nitrogens is 2. The van der Waals surface area contributed by atoms with Crippen molar-refractivity contribution in [1.82, 2.24) is 9.55 Å². The van der Waals surface area contributed by atoms with E-state index in [1.54, 1.807) is 6.08 Å². The van der Waals surface area contributed by atoms with Crippen LogP contribution in [0.5, 0.6) is 0 Å². The van der Waals surface area contributed by atoms with E-state index < -0.39 is 5.97 Å². The Hall–Kier alpha value is -4.81. The molecule has 0 fully saturated rings. The molecule has 0 aliphatic rings. The minimum Gasteiger partial charge on any atom is -0.477 e. The van der Waals surface area contributed by atoms with E-state index in [1.165, 1.54) is 0 Å². The summed E-state index contributed by atoms with van der Waals surface area (Å²) >= 11 is 1.00. The maximum atomic E-state index is 12.5. The quantitative estimate of drug-likeness (QED) is 0.166. The molecule has 6 heteroatoms. The number of hydrogen-bond acceptors (Lipinski definition) is 4. The van der Waals surface area contributed by atoms with Gasteiger partial charge in [-0.05, 0) is 66.2 Å². The van der Waals surface area contributed by atoms with Crippen LogP contribution in [0.1, 0.15) is 11.1 Å². The second-order valence-electron chi connectivity index (χ2n) is 9.10. The summed E-state index contributed by atoms with van der Waals surface area (Å²) in [5, 5.41) is 10.5. The number of carbonyl (C=O) groups is 1. The smallest absolute Gasteiger partial charge is 0.342 e. The second-order valence-corrected chi connectivity index (χ2v) is 10.1. The molecule has 0 unspecified atom stereocenters. The van der Waals surface area contributed by atoms with E-state index in [0.29, 0.717) is 11.1 Å². The van der Waals surface area contributed by atoms with E-state index in [9.17, 15) is 9.90 Å². The summed E-state index contributed by atoms with van der Waals surface area (Å²) in [6, 6.07) is 38.0. The number of carboxylic acid groups (broad SMARTS) is 1. The first-order valence-electron chi connectivity index (χ1n) is 12.5. The first-order chi connectivity index (χ1) is 19.1.